The molecule has 0 N–H and O–H groups in total. The maximum atomic E-state index is 2.61. The summed E-state index contributed by atoms with van der Waals surface area (Å²) in [5.41, 5.74) is 12.4. The van der Waals surface area contributed by atoms with Crippen molar-refractivity contribution in [3.05, 3.63) is 145 Å². The molecule has 0 aromatic heterocycles. The van der Waals surface area contributed by atoms with Crippen LogP contribution in [0.1, 0.15) is 50.7 Å². The van der Waals surface area contributed by atoms with Gasteiger partial charge in [0.1, 0.15) is 0 Å². The van der Waals surface area contributed by atoms with E-state index in [0.717, 1.165) is 0 Å². The van der Waals surface area contributed by atoms with E-state index in [2.05, 4.69) is 154 Å². The van der Waals surface area contributed by atoms with E-state index < -0.39 is 0 Å². The zero-order valence-electron chi connectivity index (χ0n) is 27.2. The van der Waals surface area contributed by atoms with Gasteiger partial charge in [-0.15, -0.1) is 0 Å². The summed E-state index contributed by atoms with van der Waals surface area (Å²) in [5, 5.41) is 10.8. The van der Waals surface area contributed by atoms with E-state index in [0.29, 0.717) is 16.7 Å². The van der Waals surface area contributed by atoms with Crippen LogP contribution in [0.5, 0.6) is 0 Å². The van der Waals surface area contributed by atoms with Gasteiger partial charge in [0.2, 0.25) is 0 Å². The molecule has 47 heavy (non-hydrogen) atoms. The second kappa shape index (κ2) is 8.50. The molecule has 0 aliphatic heterocycles. The van der Waals surface area contributed by atoms with Crippen molar-refractivity contribution in [3.63, 3.8) is 0 Å². The second-order valence-electron chi connectivity index (χ2n) is 15.5. The molecule has 0 bridgehead atoms. The Balaban J connectivity index is 1.28. The average molecular weight is 601 g/mol. The summed E-state index contributed by atoms with van der Waals surface area (Å²) in [4.78, 5) is 0. The van der Waals surface area contributed by atoms with Gasteiger partial charge >= 0.3 is 0 Å². The van der Waals surface area contributed by atoms with Crippen LogP contribution >= 0.6 is 0 Å². The Labute approximate surface area is 276 Å². The Morgan fingerprint density at radius 2 is 1.11 bits per heavy atom. The van der Waals surface area contributed by atoms with Gasteiger partial charge in [-0.05, 0) is 123 Å². The van der Waals surface area contributed by atoms with E-state index in [4.69, 9.17) is 0 Å². The molecule has 2 saturated carbocycles. The Bertz CT molecular complexity index is 2590. The molecule has 8 aromatic rings. The van der Waals surface area contributed by atoms with E-state index in [-0.39, 0.29) is 5.41 Å². The highest BCUT2D eigenvalue weighted by Gasteiger charge is 2.86. The zero-order valence-corrected chi connectivity index (χ0v) is 27.2. The van der Waals surface area contributed by atoms with Crippen LogP contribution < -0.4 is 0 Å². The minimum atomic E-state index is 0.199. The van der Waals surface area contributed by atoms with Crippen LogP contribution in [0.15, 0.2) is 133 Å². The van der Waals surface area contributed by atoms with E-state index in [9.17, 15) is 0 Å². The normalized spacial score (nSPS) is 23.6. The summed E-state index contributed by atoms with van der Waals surface area (Å²) in [5.74, 6) is 0.587. The lowest BCUT2D eigenvalue weighted by Crippen LogP contribution is -2.45. The SMILES string of the molecule is CC12CCC13C(c1c2c(-c2ccccc2)c2ccc(-c4ccc5ccc6cccc7ccc4c5c67)cc2c1-c1ccccc1)C3(C)C. The van der Waals surface area contributed by atoms with Crippen LogP contribution in [-0.2, 0) is 5.41 Å². The first kappa shape index (κ1) is 26.2. The summed E-state index contributed by atoms with van der Waals surface area (Å²) >= 11 is 0. The van der Waals surface area contributed by atoms with Crippen LogP contribution in [-0.4, -0.2) is 0 Å². The molecule has 1 spiro atoms. The molecule has 0 heteroatoms. The third-order valence-electron chi connectivity index (χ3n) is 13.4. The van der Waals surface area contributed by atoms with E-state index in [1.807, 2.05) is 0 Å². The fraction of sp³-hybridized carbons (Fsp3) is 0.191. The standard InChI is InChI=1S/C47H36/c1-45(2)44-42-40(28-11-6-4-7-12-28)37-27-33(34-22-19-32-18-17-30-15-10-16-31-20-23-35(34)39(32)38(30)31)21-24-36(37)41(29-13-8-5-9-14-29)43(42)46(3)25-26-47(44,45)46/h4-24,27,44H,25-26H2,1-3H3. The Hall–Kier alpha value is -4.94. The van der Waals surface area contributed by atoms with Crippen LogP contribution in [0, 0.1) is 10.8 Å². The predicted octanol–water partition coefficient (Wildman–Crippen LogP) is 12.9. The quantitative estimate of drug-likeness (QED) is 0.177. The number of hydrogen-bond acceptors (Lipinski definition) is 0. The van der Waals surface area contributed by atoms with Crippen LogP contribution in [0.25, 0.3) is 76.5 Å². The highest BCUT2D eigenvalue weighted by Crippen LogP contribution is 2.93. The van der Waals surface area contributed by atoms with Gasteiger partial charge in [0.15, 0.2) is 0 Å². The van der Waals surface area contributed by atoms with Gasteiger partial charge in [-0.2, -0.15) is 0 Å². The van der Waals surface area contributed by atoms with E-state index >= 15 is 0 Å². The van der Waals surface area contributed by atoms with Gasteiger partial charge in [-0.1, -0.05) is 148 Å². The summed E-state index contributed by atoms with van der Waals surface area (Å²) < 4.78 is 0. The topological polar surface area (TPSA) is 0 Å². The number of rotatable bonds is 3. The first-order valence-corrected chi connectivity index (χ1v) is 17.4. The van der Waals surface area contributed by atoms with E-state index in [1.165, 1.54) is 89.3 Å². The Morgan fingerprint density at radius 1 is 0.489 bits per heavy atom. The van der Waals surface area contributed by atoms with Crippen molar-refractivity contribution in [1.82, 2.24) is 0 Å². The highest BCUT2D eigenvalue weighted by atomic mass is 14.9. The number of hydrogen-bond donors (Lipinski definition) is 0. The molecule has 11 rings (SSSR count). The average Bonchev–Trinajstić information content (AvgIpc) is 3.61. The van der Waals surface area contributed by atoms with Gasteiger partial charge in [-0.25, -0.2) is 0 Å². The molecule has 0 saturated heterocycles. The van der Waals surface area contributed by atoms with Crippen LogP contribution in [0.4, 0.5) is 0 Å². The van der Waals surface area contributed by atoms with Gasteiger partial charge in [0, 0.05) is 5.41 Å². The maximum Gasteiger partial charge on any atom is 0.000215 e. The first-order valence-electron chi connectivity index (χ1n) is 17.4. The third-order valence-corrected chi connectivity index (χ3v) is 13.4. The largest absolute Gasteiger partial charge is 0.0622 e. The molecule has 8 aromatic carbocycles. The van der Waals surface area contributed by atoms with Crippen molar-refractivity contribution >= 4 is 43.1 Å². The van der Waals surface area contributed by atoms with Crippen molar-refractivity contribution < 1.29 is 0 Å². The van der Waals surface area contributed by atoms with Gasteiger partial charge in [0.05, 0.1) is 0 Å². The third kappa shape index (κ3) is 2.94. The lowest BCUT2D eigenvalue weighted by molar-refractivity contribution is 0.0806. The molecule has 224 valence electrons. The van der Waals surface area contributed by atoms with E-state index in [1.54, 1.807) is 11.1 Å². The molecule has 3 aliphatic carbocycles. The molecule has 3 atom stereocenters. The maximum absolute atomic E-state index is 2.61. The van der Waals surface area contributed by atoms with Gasteiger partial charge in [-0.3, -0.25) is 0 Å². The highest BCUT2D eigenvalue weighted by molar-refractivity contribution is 6.25. The summed E-state index contributed by atoms with van der Waals surface area (Å²) in [7, 11) is 0. The number of benzene rings is 8. The first-order chi connectivity index (χ1) is 22.9. The molecular weight excluding hydrogens is 565 g/mol. The Morgan fingerprint density at radius 3 is 1.79 bits per heavy atom. The zero-order chi connectivity index (χ0) is 31.3. The molecule has 0 amide bonds. The lowest BCUT2D eigenvalue weighted by Gasteiger charge is -2.50. The molecular formula is C47H36. The van der Waals surface area contributed by atoms with Gasteiger partial charge < -0.3 is 0 Å². The van der Waals surface area contributed by atoms with Crippen molar-refractivity contribution in [2.45, 2.75) is 44.9 Å². The minimum Gasteiger partial charge on any atom is -0.0622 e. The van der Waals surface area contributed by atoms with Crippen molar-refractivity contribution in [2.24, 2.45) is 10.8 Å². The molecule has 0 radical (unpaired) electrons. The minimum absolute atomic E-state index is 0.199. The summed E-state index contributed by atoms with van der Waals surface area (Å²) in [6, 6.07) is 50.6. The van der Waals surface area contributed by atoms with Crippen LogP contribution in [0.3, 0.4) is 0 Å². The van der Waals surface area contributed by atoms with Gasteiger partial charge in [0.25, 0.3) is 0 Å². The smallest absolute Gasteiger partial charge is 0.000215 e. The van der Waals surface area contributed by atoms with Crippen molar-refractivity contribution in [2.75, 3.05) is 0 Å². The lowest BCUT2D eigenvalue weighted by atomic mass is 9.53. The molecule has 3 aliphatic rings. The predicted molar refractivity (Wildman–Crippen MR) is 200 cm³/mol. The monoisotopic (exact) mass is 600 g/mol. The van der Waals surface area contributed by atoms with Crippen molar-refractivity contribution in [3.8, 4) is 33.4 Å². The summed E-state index contributed by atoms with van der Waals surface area (Å²) in [6.45, 7) is 7.72. The number of fused-ring (bicyclic) bond motifs is 4. The van der Waals surface area contributed by atoms with Crippen LogP contribution in [0.2, 0.25) is 0 Å². The summed E-state index contributed by atoms with van der Waals surface area (Å²) in [6.07, 6.45) is 2.61. The molecule has 0 nitrogen and oxygen atoms in total. The molecule has 0 heterocycles. The van der Waals surface area contributed by atoms with Crippen molar-refractivity contribution in [1.29, 1.82) is 0 Å². The fourth-order valence-electron chi connectivity index (χ4n) is 11.4. The second-order valence-corrected chi connectivity index (χ2v) is 15.5. The molecule has 2 fully saturated rings. The Kier molecular flexibility index (Phi) is 4.73. The molecule has 3 unspecified atom stereocenters. The fourth-order valence-corrected chi connectivity index (χ4v) is 11.4.